The third kappa shape index (κ3) is 3.77. The highest BCUT2D eigenvalue weighted by atomic mass is 19.1. The van der Waals surface area contributed by atoms with E-state index in [2.05, 4.69) is 5.32 Å². The van der Waals surface area contributed by atoms with Crippen LogP contribution >= 0.6 is 0 Å². The third-order valence-electron chi connectivity index (χ3n) is 3.17. The van der Waals surface area contributed by atoms with Gasteiger partial charge in [0.25, 0.3) is 0 Å². The van der Waals surface area contributed by atoms with Crippen molar-refractivity contribution in [2.45, 2.75) is 31.8 Å². The van der Waals surface area contributed by atoms with Gasteiger partial charge in [-0.15, -0.1) is 0 Å². The van der Waals surface area contributed by atoms with Gasteiger partial charge in [0, 0.05) is 12.3 Å². The van der Waals surface area contributed by atoms with Gasteiger partial charge in [-0.3, -0.25) is 4.79 Å². The number of aromatic carboxylic acids is 1. The van der Waals surface area contributed by atoms with Crippen molar-refractivity contribution in [3.63, 3.8) is 0 Å². The van der Waals surface area contributed by atoms with E-state index in [1.807, 2.05) is 0 Å². The zero-order valence-corrected chi connectivity index (χ0v) is 10.9. The van der Waals surface area contributed by atoms with E-state index in [1.54, 1.807) is 0 Å². The highest BCUT2D eigenvalue weighted by Crippen LogP contribution is 2.18. The van der Waals surface area contributed by atoms with Crippen LogP contribution in [0.1, 0.15) is 36.0 Å². The SMILES string of the molecule is O=C(CC1CCCCO1)Nc1ccc(C(=O)O)c(F)c1. The molecule has 1 aromatic rings. The van der Waals surface area contributed by atoms with Crippen LogP contribution in [0, 0.1) is 5.82 Å². The number of carbonyl (C=O) groups is 2. The van der Waals surface area contributed by atoms with Gasteiger partial charge in [-0.2, -0.15) is 0 Å². The van der Waals surface area contributed by atoms with Gasteiger partial charge in [-0.25, -0.2) is 9.18 Å². The third-order valence-corrected chi connectivity index (χ3v) is 3.17. The number of ether oxygens (including phenoxy) is 1. The molecule has 1 unspecified atom stereocenters. The number of carboxylic acid groups (broad SMARTS) is 1. The summed E-state index contributed by atoms with van der Waals surface area (Å²) in [6.45, 7) is 0.667. The standard InChI is InChI=1S/C14H16FNO4/c15-12-7-9(4-5-11(12)14(18)19)16-13(17)8-10-3-1-2-6-20-10/h4-5,7,10H,1-3,6,8H2,(H,16,17)(H,18,19). The maximum Gasteiger partial charge on any atom is 0.338 e. The van der Waals surface area contributed by atoms with Crippen LogP contribution in [0.3, 0.4) is 0 Å². The van der Waals surface area contributed by atoms with E-state index < -0.39 is 17.3 Å². The molecule has 1 fully saturated rings. The molecule has 6 heteroatoms. The van der Waals surface area contributed by atoms with Crippen LogP contribution in [-0.2, 0) is 9.53 Å². The van der Waals surface area contributed by atoms with Gasteiger partial charge >= 0.3 is 5.97 Å². The molecule has 2 N–H and O–H groups in total. The summed E-state index contributed by atoms with van der Waals surface area (Å²) in [7, 11) is 0. The van der Waals surface area contributed by atoms with Crippen LogP contribution < -0.4 is 5.32 Å². The average molecular weight is 281 g/mol. The van der Waals surface area contributed by atoms with E-state index in [4.69, 9.17) is 9.84 Å². The Morgan fingerprint density at radius 3 is 2.80 bits per heavy atom. The zero-order valence-electron chi connectivity index (χ0n) is 10.9. The first-order valence-corrected chi connectivity index (χ1v) is 6.50. The first-order valence-electron chi connectivity index (χ1n) is 6.50. The Kier molecular flexibility index (Phi) is 4.68. The molecule has 1 heterocycles. The van der Waals surface area contributed by atoms with Crippen molar-refractivity contribution < 1.29 is 23.8 Å². The van der Waals surface area contributed by atoms with Gasteiger partial charge in [0.05, 0.1) is 18.1 Å². The lowest BCUT2D eigenvalue weighted by molar-refractivity contribution is -0.119. The van der Waals surface area contributed by atoms with E-state index in [0.29, 0.717) is 6.61 Å². The Morgan fingerprint density at radius 2 is 2.20 bits per heavy atom. The highest BCUT2D eigenvalue weighted by molar-refractivity contribution is 5.92. The number of hydrogen-bond donors (Lipinski definition) is 2. The largest absolute Gasteiger partial charge is 0.478 e. The summed E-state index contributed by atoms with van der Waals surface area (Å²) in [5, 5.41) is 11.3. The second kappa shape index (κ2) is 6.47. The quantitative estimate of drug-likeness (QED) is 0.888. The lowest BCUT2D eigenvalue weighted by atomic mass is 10.1. The van der Waals surface area contributed by atoms with Gasteiger partial charge < -0.3 is 15.2 Å². The van der Waals surface area contributed by atoms with Crippen LogP contribution in [0.25, 0.3) is 0 Å². The lowest BCUT2D eigenvalue weighted by Gasteiger charge is -2.21. The minimum absolute atomic E-state index is 0.0908. The number of nitrogens with one attached hydrogen (secondary N) is 1. The van der Waals surface area contributed by atoms with Crippen molar-refractivity contribution in [1.29, 1.82) is 0 Å². The molecule has 0 aliphatic carbocycles. The molecule has 5 nitrogen and oxygen atoms in total. The Morgan fingerprint density at radius 1 is 1.40 bits per heavy atom. The van der Waals surface area contributed by atoms with E-state index in [-0.39, 0.29) is 24.1 Å². The van der Waals surface area contributed by atoms with Crippen molar-refractivity contribution >= 4 is 17.6 Å². The molecule has 1 saturated heterocycles. The molecule has 0 spiro atoms. The van der Waals surface area contributed by atoms with E-state index in [0.717, 1.165) is 31.4 Å². The molecule has 0 aromatic heterocycles. The Balaban J connectivity index is 1.93. The first kappa shape index (κ1) is 14.5. The van der Waals surface area contributed by atoms with Gasteiger partial charge in [0.2, 0.25) is 5.91 Å². The molecule has 1 atom stereocenters. The van der Waals surface area contributed by atoms with E-state index in [9.17, 15) is 14.0 Å². The molecule has 108 valence electrons. The molecule has 0 saturated carbocycles. The number of halogens is 1. The average Bonchev–Trinajstić information content (AvgIpc) is 2.39. The predicted molar refractivity (Wildman–Crippen MR) is 70.2 cm³/mol. The number of amides is 1. The van der Waals surface area contributed by atoms with E-state index in [1.165, 1.54) is 6.07 Å². The van der Waals surface area contributed by atoms with Crippen LogP contribution in [0.4, 0.5) is 10.1 Å². The molecule has 1 amide bonds. The fraction of sp³-hybridized carbons (Fsp3) is 0.429. The van der Waals surface area contributed by atoms with Crippen LogP contribution in [0.15, 0.2) is 18.2 Å². The maximum absolute atomic E-state index is 13.5. The number of carboxylic acids is 1. The number of anilines is 1. The maximum atomic E-state index is 13.5. The second-order valence-electron chi connectivity index (χ2n) is 4.74. The van der Waals surface area contributed by atoms with E-state index >= 15 is 0 Å². The molecule has 2 rings (SSSR count). The Labute approximate surface area is 115 Å². The number of hydrogen-bond acceptors (Lipinski definition) is 3. The molecule has 1 aliphatic rings. The van der Waals surface area contributed by atoms with Crippen molar-refractivity contribution in [2.75, 3.05) is 11.9 Å². The molecule has 20 heavy (non-hydrogen) atoms. The summed E-state index contributed by atoms with van der Waals surface area (Å²) in [4.78, 5) is 22.5. The normalized spacial score (nSPS) is 18.6. The molecule has 0 bridgehead atoms. The summed E-state index contributed by atoms with van der Waals surface area (Å²) in [5.74, 6) is -2.47. The summed E-state index contributed by atoms with van der Waals surface area (Å²) in [6, 6.07) is 3.50. The summed E-state index contributed by atoms with van der Waals surface area (Å²) < 4.78 is 18.9. The van der Waals surface area contributed by atoms with Gasteiger partial charge in [-0.05, 0) is 37.5 Å². The van der Waals surface area contributed by atoms with Crippen molar-refractivity contribution in [2.24, 2.45) is 0 Å². The number of benzene rings is 1. The molecular weight excluding hydrogens is 265 g/mol. The van der Waals surface area contributed by atoms with Crippen molar-refractivity contribution in [3.8, 4) is 0 Å². The van der Waals surface area contributed by atoms with Gasteiger partial charge in [0.15, 0.2) is 0 Å². The Hall–Kier alpha value is -1.95. The Bertz CT molecular complexity index is 512. The zero-order chi connectivity index (χ0) is 14.5. The fourth-order valence-corrected chi connectivity index (χ4v) is 2.15. The van der Waals surface area contributed by atoms with Crippen molar-refractivity contribution in [1.82, 2.24) is 0 Å². The molecular formula is C14H16FNO4. The molecule has 1 aromatic carbocycles. The number of carbonyl (C=O) groups excluding carboxylic acids is 1. The monoisotopic (exact) mass is 281 g/mol. The molecule has 0 radical (unpaired) electrons. The first-order chi connectivity index (χ1) is 9.56. The minimum Gasteiger partial charge on any atom is -0.478 e. The van der Waals surface area contributed by atoms with Crippen LogP contribution in [0.5, 0.6) is 0 Å². The highest BCUT2D eigenvalue weighted by Gasteiger charge is 2.18. The van der Waals surface area contributed by atoms with Gasteiger partial charge in [0.1, 0.15) is 5.82 Å². The second-order valence-corrected chi connectivity index (χ2v) is 4.74. The lowest BCUT2D eigenvalue weighted by Crippen LogP contribution is -2.25. The molecule has 1 aliphatic heterocycles. The summed E-state index contributed by atoms with van der Waals surface area (Å²) in [6.07, 6.45) is 3.04. The van der Waals surface area contributed by atoms with Crippen LogP contribution in [0.2, 0.25) is 0 Å². The summed E-state index contributed by atoms with van der Waals surface area (Å²) in [5.41, 5.74) is -0.174. The summed E-state index contributed by atoms with van der Waals surface area (Å²) >= 11 is 0. The predicted octanol–water partition coefficient (Wildman–Crippen LogP) is 2.42. The van der Waals surface area contributed by atoms with Crippen molar-refractivity contribution in [3.05, 3.63) is 29.6 Å². The fourth-order valence-electron chi connectivity index (χ4n) is 2.15. The van der Waals surface area contributed by atoms with Crippen LogP contribution in [-0.4, -0.2) is 29.7 Å². The number of rotatable bonds is 4. The van der Waals surface area contributed by atoms with Gasteiger partial charge in [-0.1, -0.05) is 0 Å². The topological polar surface area (TPSA) is 75.6 Å². The smallest absolute Gasteiger partial charge is 0.338 e. The minimum atomic E-state index is -1.34.